The van der Waals surface area contributed by atoms with Crippen molar-refractivity contribution in [1.29, 1.82) is 0 Å². The van der Waals surface area contributed by atoms with Gasteiger partial charge in [-0.2, -0.15) is 5.10 Å². The molecule has 0 aromatic heterocycles. The van der Waals surface area contributed by atoms with Crippen LogP contribution in [0.25, 0.3) is 0 Å². The van der Waals surface area contributed by atoms with Gasteiger partial charge in [0.2, 0.25) is 0 Å². The van der Waals surface area contributed by atoms with Crippen molar-refractivity contribution in [2.24, 2.45) is 5.10 Å². The molecule has 0 spiro atoms. The lowest BCUT2D eigenvalue weighted by Gasteiger charge is -2.11. The molecule has 0 unspecified atom stereocenters. The summed E-state index contributed by atoms with van der Waals surface area (Å²) in [5, 5.41) is 22.7. The van der Waals surface area contributed by atoms with Gasteiger partial charge in [0.1, 0.15) is 18.1 Å². The van der Waals surface area contributed by atoms with Crippen LogP contribution in [-0.2, 0) is 6.61 Å². The first-order valence-corrected chi connectivity index (χ1v) is 12.2. The summed E-state index contributed by atoms with van der Waals surface area (Å²) >= 11 is 6.31. The van der Waals surface area contributed by atoms with E-state index in [1.54, 1.807) is 36.4 Å². The minimum atomic E-state index is -0.966. The maximum Gasteiger partial charge on any atom is 0.335 e. The van der Waals surface area contributed by atoms with Crippen molar-refractivity contribution < 1.29 is 24.5 Å². The van der Waals surface area contributed by atoms with Crippen LogP contribution in [0.15, 0.2) is 59.7 Å². The molecule has 0 bridgehead atoms. The minimum Gasteiger partial charge on any atom is -0.507 e. The quantitative estimate of drug-likeness (QED) is 0.173. The normalized spacial score (nSPS) is 10.8. The SMILES string of the molecule is O=C(O)c1ccc(COc2c(I)cc(/C=N\NC(=O)c3ccc(I)c(O)c3)cc2I)cc1. The maximum absolute atomic E-state index is 12.2. The van der Waals surface area contributed by atoms with Crippen molar-refractivity contribution in [2.75, 3.05) is 0 Å². The standard InChI is InChI=1S/C22H15I3N2O5/c23-16-6-5-15(9-19(16)28)21(29)27-26-10-13-7-17(24)20(18(25)8-13)32-11-12-1-3-14(4-2-12)22(30)31/h1-10,28H,11H2,(H,27,29)(H,30,31)/b26-10-. The smallest absolute Gasteiger partial charge is 0.335 e. The number of nitrogens with zero attached hydrogens (tertiary/aromatic N) is 1. The number of carboxylic acid groups (broad SMARTS) is 1. The molecule has 1 amide bonds. The van der Waals surface area contributed by atoms with Crippen LogP contribution >= 0.6 is 67.8 Å². The molecule has 0 aliphatic rings. The summed E-state index contributed by atoms with van der Waals surface area (Å²) in [5.74, 6) is -0.637. The molecule has 0 heterocycles. The van der Waals surface area contributed by atoms with E-state index < -0.39 is 11.9 Å². The fourth-order valence-electron chi connectivity index (χ4n) is 2.57. The summed E-state index contributed by atoms with van der Waals surface area (Å²) < 4.78 is 8.32. The monoisotopic (exact) mass is 768 g/mol. The molecule has 0 saturated heterocycles. The highest BCUT2D eigenvalue weighted by Crippen LogP contribution is 2.29. The molecular formula is C22H15I3N2O5. The van der Waals surface area contributed by atoms with Gasteiger partial charge in [0.25, 0.3) is 5.91 Å². The van der Waals surface area contributed by atoms with Crippen molar-refractivity contribution in [2.45, 2.75) is 6.61 Å². The molecule has 7 nitrogen and oxygen atoms in total. The number of hydrogen-bond donors (Lipinski definition) is 3. The fraction of sp³-hybridized carbons (Fsp3) is 0.0455. The number of amides is 1. The molecule has 0 saturated carbocycles. The number of carboxylic acids is 1. The number of rotatable bonds is 7. The van der Waals surface area contributed by atoms with Crippen LogP contribution in [0, 0.1) is 10.7 Å². The summed E-state index contributed by atoms with van der Waals surface area (Å²) in [4.78, 5) is 23.1. The van der Waals surface area contributed by atoms with E-state index in [0.717, 1.165) is 18.3 Å². The molecule has 10 heteroatoms. The number of carbonyl (C=O) groups excluding carboxylic acids is 1. The van der Waals surface area contributed by atoms with E-state index in [1.165, 1.54) is 12.3 Å². The highest BCUT2D eigenvalue weighted by Gasteiger charge is 2.10. The second-order valence-electron chi connectivity index (χ2n) is 6.47. The molecule has 3 N–H and O–H groups in total. The van der Waals surface area contributed by atoms with E-state index in [9.17, 15) is 14.7 Å². The van der Waals surface area contributed by atoms with Crippen molar-refractivity contribution in [3.8, 4) is 11.5 Å². The number of aromatic carboxylic acids is 1. The average molecular weight is 768 g/mol. The molecule has 0 fully saturated rings. The van der Waals surface area contributed by atoms with E-state index in [4.69, 9.17) is 9.84 Å². The summed E-state index contributed by atoms with van der Waals surface area (Å²) in [6.45, 7) is 0.304. The lowest BCUT2D eigenvalue weighted by atomic mass is 10.1. The third kappa shape index (κ3) is 6.54. The van der Waals surface area contributed by atoms with Gasteiger partial charge in [0, 0.05) is 5.56 Å². The number of benzene rings is 3. The number of hydrazone groups is 1. The van der Waals surface area contributed by atoms with Crippen LogP contribution in [0.4, 0.5) is 0 Å². The topological polar surface area (TPSA) is 108 Å². The molecule has 32 heavy (non-hydrogen) atoms. The average Bonchev–Trinajstić information content (AvgIpc) is 2.75. The number of phenols is 1. The Morgan fingerprint density at radius 1 is 0.938 bits per heavy atom. The lowest BCUT2D eigenvalue weighted by molar-refractivity contribution is 0.0696. The molecule has 3 aromatic carbocycles. The Hall–Kier alpha value is -1.94. The number of nitrogens with one attached hydrogen (secondary N) is 1. The van der Waals surface area contributed by atoms with Gasteiger partial charge in [0.05, 0.1) is 22.5 Å². The first-order valence-electron chi connectivity index (χ1n) is 9.00. The summed E-state index contributed by atoms with van der Waals surface area (Å²) in [7, 11) is 0. The van der Waals surface area contributed by atoms with E-state index in [1.807, 2.05) is 34.7 Å². The number of carbonyl (C=O) groups is 2. The van der Waals surface area contributed by atoms with Gasteiger partial charge >= 0.3 is 5.97 Å². The zero-order valence-corrected chi connectivity index (χ0v) is 22.7. The number of halogens is 3. The van der Waals surface area contributed by atoms with Crippen LogP contribution in [0.1, 0.15) is 31.8 Å². The van der Waals surface area contributed by atoms with Gasteiger partial charge in [-0.1, -0.05) is 12.1 Å². The van der Waals surface area contributed by atoms with Crippen LogP contribution < -0.4 is 10.2 Å². The molecule has 0 atom stereocenters. The molecule has 164 valence electrons. The molecule has 0 aliphatic heterocycles. The number of aromatic hydroxyl groups is 1. The third-order valence-electron chi connectivity index (χ3n) is 4.19. The molecule has 3 aromatic rings. The van der Waals surface area contributed by atoms with Crippen LogP contribution in [0.5, 0.6) is 11.5 Å². The zero-order chi connectivity index (χ0) is 23.3. The Morgan fingerprint density at radius 3 is 2.16 bits per heavy atom. The summed E-state index contributed by atoms with van der Waals surface area (Å²) in [6.07, 6.45) is 1.53. The Bertz CT molecular complexity index is 1170. The number of ether oxygens (including phenoxy) is 1. The van der Waals surface area contributed by atoms with E-state index in [0.29, 0.717) is 21.5 Å². The van der Waals surface area contributed by atoms with Gasteiger partial charge in [0.15, 0.2) is 0 Å². The Labute approximate surface area is 224 Å². The highest BCUT2D eigenvalue weighted by atomic mass is 127. The van der Waals surface area contributed by atoms with E-state index in [2.05, 4.69) is 55.7 Å². The first kappa shape index (κ1) is 24.7. The second-order valence-corrected chi connectivity index (χ2v) is 9.96. The van der Waals surface area contributed by atoms with Crippen LogP contribution in [-0.4, -0.2) is 28.3 Å². The Kier molecular flexibility index (Phi) is 8.70. The molecular weight excluding hydrogens is 753 g/mol. The van der Waals surface area contributed by atoms with E-state index >= 15 is 0 Å². The van der Waals surface area contributed by atoms with Crippen molar-refractivity contribution in [3.05, 3.63) is 87.6 Å². The predicted octanol–water partition coefficient (Wildman–Crippen LogP) is 5.25. The molecule has 0 aliphatic carbocycles. The van der Waals surface area contributed by atoms with Gasteiger partial charge in [-0.05, 0) is 121 Å². The fourth-order valence-corrected chi connectivity index (χ4v) is 5.04. The minimum absolute atomic E-state index is 0.0414. The number of hydrogen-bond acceptors (Lipinski definition) is 5. The predicted molar refractivity (Wildman–Crippen MR) is 145 cm³/mol. The summed E-state index contributed by atoms with van der Waals surface area (Å²) in [5.41, 5.74) is 4.62. The molecule has 3 rings (SSSR count). The highest BCUT2D eigenvalue weighted by molar-refractivity contribution is 14.1. The Balaban J connectivity index is 1.63. The van der Waals surface area contributed by atoms with Crippen molar-refractivity contribution >= 4 is 85.9 Å². The van der Waals surface area contributed by atoms with Gasteiger partial charge in [-0.3, -0.25) is 4.79 Å². The number of phenolic OH excluding ortho intramolecular Hbond substituents is 1. The Morgan fingerprint density at radius 2 is 1.56 bits per heavy atom. The van der Waals surface area contributed by atoms with E-state index in [-0.39, 0.29) is 11.3 Å². The van der Waals surface area contributed by atoms with Crippen LogP contribution in [0.2, 0.25) is 0 Å². The second kappa shape index (κ2) is 11.3. The van der Waals surface area contributed by atoms with Gasteiger partial charge < -0.3 is 14.9 Å². The van der Waals surface area contributed by atoms with Gasteiger partial charge in [-0.15, -0.1) is 0 Å². The zero-order valence-electron chi connectivity index (χ0n) is 16.2. The molecule has 0 radical (unpaired) electrons. The largest absolute Gasteiger partial charge is 0.507 e. The van der Waals surface area contributed by atoms with Crippen LogP contribution in [0.3, 0.4) is 0 Å². The lowest BCUT2D eigenvalue weighted by Crippen LogP contribution is -2.17. The third-order valence-corrected chi connectivity index (χ3v) is 6.71. The van der Waals surface area contributed by atoms with Crippen molar-refractivity contribution in [3.63, 3.8) is 0 Å². The maximum atomic E-state index is 12.2. The summed E-state index contributed by atoms with van der Waals surface area (Å²) in [6, 6.07) is 14.9. The van der Waals surface area contributed by atoms with Crippen molar-refractivity contribution in [1.82, 2.24) is 5.43 Å². The first-order chi connectivity index (χ1) is 15.2. The van der Waals surface area contributed by atoms with Gasteiger partial charge in [-0.25, -0.2) is 10.2 Å².